The number of nitrogens with zero attached hydrogens (tertiary/aromatic N) is 1. The third-order valence-corrected chi connectivity index (χ3v) is 12.0. The number of esters is 2. The SMILES string of the molecule is CCCCCCCCCCCCCCCCCCCCCCCCCCC(=O)OC(COCCC(C(=O)O)[N+](C)(C)C)COC(=O)CCCCCCCCCCCCC. The molecule has 8 heteroatoms. The zero-order valence-corrected chi connectivity index (χ0v) is 40.0. The van der Waals surface area contributed by atoms with E-state index in [4.69, 9.17) is 14.2 Å². The highest BCUT2D eigenvalue weighted by atomic mass is 16.6. The molecule has 0 bridgehead atoms. The smallest absolute Gasteiger partial charge is 0.362 e. The summed E-state index contributed by atoms with van der Waals surface area (Å²) >= 11 is 0. The highest BCUT2D eigenvalue weighted by Crippen LogP contribution is 2.17. The number of quaternary nitrogens is 1. The molecule has 8 nitrogen and oxygen atoms in total. The Labute approximate surface area is 366 Å². The molecule has 0 aromatic carbocycles. The van der Waals surface area contributed by atoms with Gasteiger partial charge in [0.25, 0.3) is 0 Å². The van der Waals surface area contributed by atoms with Crippen molar-refractivity contribution in [1.82, 2.24) is 0 Å². The van der Waals surface area contributed by atoms with E-state index < -0.39 is 18.1 Å². The van der Waals surface area contributed by atoms with Gasteiger partial charge in [0.1, 0.15) is 6.61 Å². The van der Waals surface area contributed by atoms with Crippen LogP contribution in [0.25, 0.3) is 0 Å². The molecule has 0 radical (unpaired) electrons. The molecule has 1 N–H and O–H groups in total. The fourth-order valence-corrected chi connectivity index (χ4v) is 8.04. The Bertz CT molecular complexity index is 936. The quantitative estimate of drug-likeness (QED) is 0.0370. The fourth-order valence-electron chi connectivity index (χ4n) is 8.04. The Kier molecular flexibility index (Phi) is 41.8. The Morgan fingerprint density at radius 2 is 0.746 bits per heavy atom. The van der Waals surface area contributed by atoms with Crippen molar-refractivity contribution < 1.29 is 38.2 Å². The summed E-state index contributed by atoms with van der Waals surface area (Å²) in [5.74, 6) is -1.44. The third kappa shape index (κ3) is 41.5. The predicted octanol–water partition coefficient (Wildman–Crippen LogP) is 14.5. The van der Waals surface area contributed by atoms with Crippen LogP contribution in [-0.2, 0) is 28.6 Å². The Morgan fingerprint density at radius 3 is 1.05 bits per heavy atom. The summed E-state index contributed by atoms with van der Waals surface area (Å²) in [6.45, 7) is 4.78. The molecular formula is C51H100NO7+. The number of likely N-dealkylation sites (N-methyl/N-ethyl adjacent to an activating group) is 1. The maximum atomic E-state index is 12.8. The monoisotopic (exact) mass is 839 g/mol. The van der Waals surface area contributed by atoms with Gasteiger partial charge in [0.15, 0.2) is 12.1 Å². The Balaban J connectivity index is 4.09. The molecule has 0 aliphatic carbocycles. The molecule has 0 aromatic rings. The summed E-state index contributed by atoms with van der Waals surface area (Å²) in [5.41, 5.74) is 0. The molecule has 0 aliphatic heterocycles. The van der Waals surface area contributed by atoms with Crippen LogP contribution in [-0.4, -0.2) is 80.6 Å². The van der Waals surface area contributed by atoms with E-state index in [0.717, 1.165) is 38.5 Å². The first-order valence-corrected chi connectivity index (χ1v) is 25.6. The fraction of sp³-hybridized carbons (Fsp3) is 0.941. The normalized spacial score (nSPS) is 12.8. The van der Waals surface area contributed by atoms with Crippen LogP contribution < -0.4 is 0 Å². The van der Waals surface area contributed by atoms with E-state index in [1.165, 1.54) is 186 Å². The molecule has 350 valence electrons. The van der Waals surface area contributed by atoms with Gasteiger partial charge in [-0.25, -0.2) is 4.79 Å². The van der Waals surface area contributed by atoms with Crippen LogP contribution in [0.4, 0.5) is 0 Å². The van der Waals surface area contributed by atoms with Crippen molar-refractivity contribution in [3.63, 3.8) is 0 Å². The van der Waals surface area contributed by atoms with Crippen LogP contribution in [0.1, 0.15) is 258 Å². The van der Waals surface area contributed by atoms with Crippen molar-refractivity contribution in [2.45, 2.75) is 270 Å². The number of carboxylic acid groups (broad SMARTS) is 1. The second-order valence-corrected chi connectivity index (χ2v) is 18.8. The summed E-state index contributed by atoms with van der Waals surface area (Å²) in [6, 6.07) is -0.608. The molecule has 0 aromatic heterocycles. The minimum Gasteiger partial charge on any atom is -0.477 e. The van der Waals surface area contributed by atoms with E-state index in [0.29, 0.717) is 19.3 Å². The van der Waals surface area contributed by atoms with Crippen molar-refractivity contribution in [3.8, 4) is 0 Å². The average molecular weight is 839 g/mol. The lowest BCUT2D eigenvalue weighted by Crippen LogP contribution is -2.50. The van der Waals surface area contributed by atoms with E-state index in [1.54, 1.807) is 0 Å². The number of rotatable bonds is 47. The minimum absolute atomic E-state index is 0.0419. The van der Waals surface area contributed by atoms with Gasteiger partial charge in [-0.05, 0) is 12.8 Å². The topological polar surface area (TPSA) is 99.1 Å². The van der Waals surface area contributed by atoms with Crippen LogP contribution in [0.15, 0.2) is 0 Å². The van der Waals surface area contributed by atoms with Gasteiger partial charge in [-0.15, -0.1) is 0 Å². The van der Waals surface area contributed by atoms with Crippen molar-refractivity contribution in [2.24, 2.45) is 0 Å². The van der Waals surface area contributed by atoms with Crippen molar-refractivity contribution >= 4 is 17.9 Å². The van der Waals surface area contributed by atoms with Crippen molar-refractivity contribution in [2.75, 3.05) is 41.0 Å². The Hall–Kier alpha value is -1.67. The van der Waals surface area contributed by atoms with Crippen LogP contribution in [0.3, 0.4) is 0 Å². The molecule has 0 aliphatic rings. The number of ether oxygens (including phenoxy) is 3. The first kappa shape index (κ1) is 57.3. The summed E-state index contributed by atoms with van der Waals surface area (Å²) < 4.78 is 17.3. The van der Waals surface area contributed by atoms with Gasteiger partial charge in [-0.2, -0.15) is 0 Å². The zero-order valence-electron chi connectivity index (χ0n) is 40.0. The van der Waals surface area contributed by atoms with Gasteiger partial charge >= 0.3 is 17.9 Å². The predicted molar refractivity (Wildman–Crippen MR) is 248 cm³/mol. The number of carbonyl (C=O) groups is 3. The lowest BCUT2D eigenvalue weighted by molar-refractivity contribution is -0.887. The first-order chi connectivity index (χ1) is 28.6. The molecule has 59 heavy (non-hydrogen) atoms. The van der Waals surface area contributed by atoms with Crippen molar-refractivity contribution in [1.29, 1.82) is 0 Å². The number of carboxylic acids is 1. The van der Waals surface area contributed by atoms with Gasteiger partial charge in [-0.1, -0.05) is 226 Å². The second-order valence-electron chi connectivity index (χ2n) is 18.8. The van der Waals surface area contributed by atoms with E-state index >= 15 is 0 Å². The number of unbranched alkanes of at least 4 members (excludes halogenated alkanes) is 33. The van der Waals surface area contributed by atoms with E-state index in [1.807, 2.05) is 21.1 Å². The molecule has 0 saturated heterocycles. The maximum Gasteiger partial charge on any atom is 0.362 e. The highest BCUT2D eigenvalue weighted by molar-refractivity contribution is 5.72. The summed E-state index contributed by atoms with van der Waals surface area (Å²) in [7, 11) is 5.55. The molecule has 0 heterocycles. The first-order valence-electron chi connectivity index (χ1n) is 25.6. The summed E-state index contributed by atoms with van der Waals surface area (Å²) in [6.07, 6.45) is 45.9. The molecule has 0 fully saturated rings. The molecule has 0 saturated carbocycles. The zero-order chi connectivity index (χ0) is 43.5. The van der Waals surface area contributed by atoms with E-state index in [9.17, 15) is 19.5 Å². The lowest BCUT2D eigenvalue weighted by atomic mass is 10.0. The largest absolute Gasteiger partial charge is 0.477 e. The Morgan fingerprint density at radius 1 is 0.441 bits per heavy atom. The summed E-state index contributed by atoms with van der Waals surface area (Å²) in [4.78, 5) is 37.0. The van der Waals surface area contributed by atoms with Gasteiger partial charge in [-0.3, -0.25) is 9.59 Å². The van der Waals surface area contributed by atoms with Gasteiger partial charge in [0.2, 0.25) is 0 Å². The number of hydrogen-bond donors (Lipinski definition) is 1. The third-order valence-electron chi connectivity index (χ3n) is 12.0. The highest BCUT2D eigenvalue weighted by Gasteiger charge is 2.31. The van der Waals surface area contributed by atoms with Crippen molar-refractivity contribution in [3.05, 3.63) is 0 Å². The second kappa shape index (κ2) is 43.0. The molecule has 2 atom stereocenters. The minimum atomic E-state index is -0.869. The maximum absolute atomic E-state index is 12.8. The number of carbonyl (C=O) groups excluding carboxylic acids is 2. The van der Waals surface area contributed by atoms with Crippen LogP contribution in [0.2, 0.25) is 0 Å². The lowest BCUT2D eigenvalue weighted by Gasteiger charge is -2.31. The summed E-state index contributed by atoms with van der Waals surface area (Å²) in [5, 5.41) is 9.63. The van der Waals surface area contributed by atoms with Crippen LogP contribution in [0.5, 0.6) is 0 Å². The van der Waals surface area contributed by atoms with Gasteiger partial charge < -0.3 is 23.8 Å². The van der Waals surface area contributed by atoms with Gasteiger partial charge in [0, 0.05) is 19.3 Å². The number of aliphatic carboxylic acids is 1. The van der Waals surface area contributed by atoms with Crippen LogP contribution in [0, 0.1) is 0 Å². The van der Waals surface area contributed by atoms with E-state index in [-0.39, 0.29) is 36.2 Å². The number of hydrogen-bond acceptors (Lipinski definition) is 6. The average Bonchev–Trinajstić information content (AvgIpc) is 3.19. The standard InChI is InChI=1S/C51H99NO7/c1-6-8-10-12-14-16-18-19-20-21-22-23-24-25-26-27-28-29-30-32-34-36-38-40-42-50(54)59-47(45-57-44-43-48(51(55)56)52(3,4)5)46-58-49(53)41-39-37-35-33-31-17-15-13-11-9-7-2/h47-48H,6-46H2,1-5H3/p+1. The van der Waals surface area contributed by atoms with E-state index in [2.05, 4.69) is 13.8 Å². The molecule has 0 spiro atoms. The van der Waals surface area contributed by atoms with Gasteiger partial charge in [0.05, 0.1) is 34.4 Å². The molecule has 2 unspecified atom stereocenters. The molecule has 0 rings (SSSR count). The molecular weight excluding hydrogens is 739 g/mol. The molecule has 0 amide bonds. The van der Waals surface area contributed by atoms with Crippen LogP contribution >= 0.6 is 0 Å².